The molecule has 8 nitrogen and oxygen atoms in total. The average molecular weight is 426 g/mol. The van der Waals surface area contributed by atoms with Gasteiger partial charge in [0.15, 0.2) is 0 Å². The van der Waals surface area contributed by atoms with E-state index in [1.165, 1.54) is 12.1 Å². The molecule has 160 valence electrons. The van der Waals surface area contributed by atoms with Crippen molar-refractivity contribution in [3.05, 3.63) is 41.5 Å². The highest BCUT2D eigenvalue weighted by Gasteiger charge is 2.17. The predicted octanol–water partition coefficient (Wildman–Crippen LogP) is 2.55. The number of benzene rings is 1. The van der Waals surface area contributed by atoms with Crippen LogP contribution in [0.3, 0.4) is 0 Å². The van der Waals surface area contributed by atoms with Gasteiger partial charge in [-0.3, -0.25) is 4.72 Å². The van der Waals surface area contributed by atoms with Crippen LogP contribution in [0.2, 0.25) is 0 Å². The summed E-state index contributed by atoms with van der Waals surface area (Å²) in [6.07, 6.45) is 2.05. The zero-order valence-electron chi connectivity index (χ0n) is 17.1. The molecule has 2 aromatic rings. The van der Waals surface area contributed by atoms with Gasteiger partial charge in [0.1, 0.15) is 11.6 Å². The highest BCUT2D eigenvalue weighted by Crippen LogP contribution is 2.21. The van der Waals surface area contributed by atoms with Crippen LogP contribution in [0.5, 0.6) is 0 Å². The molecule has 3 N–H and O–H groups in total. The lowest BCUT2D eigenvalue weighted by molar-refractivity contribution is 0.259. The van der Waals surface area contributed by atoms with Crippen molar-refractivity contribution in [2.45, 2.75) is 45.6 Å². The second-order valence-electron chi connectivity index (χ2n) is 7.59. The van der Waals surface area contributed by atoms with Crippen LogP contribution in [-0.2, 0) is 16.4 Å². The summed E-state index contributed by atoms with van der Waals surface area (Å²) in [6.45, 7) is 5.85. The van der Waals surface area contributed by atoms with Gasteiger partial charge >= 0.3 is 0 Å². The van der Waals surface area contributed by atoms with Crippen LogP contribution in [-0.4, -0.2) is 47.4 Å². The molecule has 1 aromatic carbocycles. The van der Waals surface area contributed by atoms with Gasteiger partial charge in [-0.25, -0.2) is 12.8 Å². The molecule has 0 radical (unpaired) electrons. The number of halogens is 1. The van der Waals surface area contributed by atoms with E-state index in [9.17, 15) is 17.9 Å². The Balaban J connectivity index is 2.30. The quantitative estimate of drug-likeness (QED) is 0.535. The van der Waals surface area contributed by atoms with Gasteiger partial charge in [-0.05, 0) is 36.0 Å². The molecule has 0 fully saturated rings. The number of rotatable bonds is 10. The Morgan fingerprint density at radius 3 is 2.41 bits per heavy atom. The van der Waals surface area contributed by atoms with E-state index in [1.807, 2.05) is 26.8 Å². The van der Waals surface area contributed by atoms with Crippen molar-refractivity contribution in [3.63, 3.8) is 0 Å². The smallest absolute Gasteiger partial charge is 0.241 e. The predicted molar refractivity (Wildman–Crippen MR) is 111 cm³/mol. The number of nitrogens with zero attached hydrogens (tertiary/aromatic N) is 3. The minimum absolute atomic E-state index is 0.101. The standard InChI is InChI=1S/C19H28FN5O3S/c1-12(2)8-16(11-26)21-18-22-17(23-19(24-18)25-29(4,27)28)9-13(3)14-6-5-7-15(20)10-14/h5-7,10,12-13,16,26H,8-9,11H2,1-4H3,(H2,21,22,23,24,25)/t13?,16-/m1/s1. The Morgan fingerprint density at radius 2 is 1.83 bits per heavy atom. The van der Waals surface area contributed by atoms with Crippen molar-refractivity contribution in [2.24, 2.45) is 5.92 Å². The first-order valence-corrected chi connectivity index (χ1v) is 11.3. The molecule has 0 bridgehead atoms. The van der Waals surface area contributed by atoms with Crippen molar-refractivity contribution in [1.29, 1.82) is 0 Å². The van der Waals surface area contributed by atoms with E-state index >= 15 is 0 Å². The van der Waals surface area contributed by atoms with Gasteiger partial charge < -0.3 is 10.4 Å². The molecule has 0 amide bonds. The van der Waals surface area contributed by atoms with Gasteiger partial charge in [0.25, 0.3) is 0 Å². The molecular weight excluding hydrogens is 397 g/mol. The number of anilines is 2. The van der Waals surface area contributed by atoms with Crippen LogP contribution in [0.25, 0.3) is 0 Å². The molecule has 10 heteroatoms. The van der Waals surface area contributed by atoms with Gasteiger partial charge in [-0.2, -0.15) is 15.0 Å². The van der Waals surface area contributed by atoms with Crippen LogP contribution in [0.1, 0.15) is 44.5 Å². The lowest BCUT2D eigenvalue weighted by Gasteiger charge is -2.19. The van der Waals surface area contributed by atoms with Gasteiger partial charge in [0, 0.05) is 6.42 Å². The van der Waals surface area contributed by atoms with E-state index in [4.69, 9.17) is 0 Å². The fraction of sp³-hybridized carbons (Fsp3) is 0.526. The first kappa shape index (κ1) is 23.0. The maximum Gasteiger partial charge on any atom is 0.241 e. The summed E-state index contributed by atoms with van der Waals surface area (Å²) in [4.78, 5) is 12.7. The lowest BCUT2D eigenvalue weighted by Crippen LogP contribution is -2.27. The topological polar surface area (TPSA) is 117 Å². The molecule has 0 spiro atoms. The minimum Gasteiger partial charge on any atom is -0.394 e. The summed E-state index contributed by atoms with van der Waals surface area (Å²) in [5, 5.41) is 12.6. The summed E-state index contributed by atoms with van der Waals surface area (Å²) >= 11 is 0. The molecule has 0 saturated carbocycles. The SMILES string of the molecule is CC(C)C[C@H](CO)Nc1nc(CC(C)c2cccc(F)c2)nc(NS(C)(=O)=O)n1. The second-order valence-corrected chi connectivity index (χ2v) is 9.34. The molecule has 0 saturated heterocycles. The number of hydrogen-bond acceptors (Lipinski definition) is 7. The van der Waals surface area contributed by atoms with Gasteiger partial charge in [-0.1, -0.05) is 32.9 Å². The fourth-order valence-corrected chi connectivity index (χ4v) is 3.35. The number of aliphatic hydroxyl groups excluding tert-OH is 1. The normalized spacial score (nSPS) is 13.9. The molecule has 0 aliphatic carbocycles. The third kappa shape index (κ3) is 7.90. The Labute approximate surface area is 171 Å². The number of aliphatic hydroxyl groups is 1. The van der Waals surface area contributed by atoms with Crippen LogP contribution in [0.15, 0.2) is 24.3 Å². The van der Waals surface area contributed by atoms with Crippen molar-refractivity contribution < 1.29 is 17.9 Å². The first-order chi connectivity index (χ1) is 13.6. The fourth-order valence-electron chi connectivity index (χ4n) is 2.92. The second kappa shape index (κ2) is 9.93. The maximum atomic E-state index is 13.5. The highest BCUT2D eigenvalue weighted by atomic mass is 32.2. The summed E-state index contributed by atoms with van der Waals surface area (Å²) in [7, 11) is -3.58. The van der Waals surface area contributed by atoms with Crippen molar-refractivity contribution in [1.82, 2.24) is 15.0 Å². The Hall–Kier alpha value is -2.33. The number of nitrogens with one attached hydrogen (secondary N) is 2. The van der Waals surface area contributed by atoms with E-state index < -0.39 is 10.0 Å². The molecule has 1 unspecified atom stereocenters. The Kier molecular flexibility index (Phi) is 7.86. The number of sulfonamides is 1. The molecule has 0 aliphatic heterocycles. The lowest BCUT2D eigenvalue weighted by atomic mass is 9.97. The maximum absolute atomic E-state index is 13.5. The van der Waals surface area contributed by atoms with E-state index in [-0.39, 0.29) is 36.3 Å². The molecule has 1 heterocycles. The van der Waals surface area contributed by atoms with E-state index in [0.717, 1.165) is 11.8 Å². The molecule has 29 heavy (non-hydrogen) atoms. The largest absolute Gasteiger partial charge is 0.394 e. The average Bonchev–Trinajstić information content (AvgIpc) is 2.59. The van der Waals surface area contributed by atoms with Crippen molar-refractivity contribution >= 4 is 21.9 Å². The summed E-state index contributed by atoms with van der Waals surface area (Å²) in [5.41, 5.74) is 0.783. The summed E-state index contributed by atoms with van der Waals surface area (Å²) in [5.74, 6) is 0.330. The zero-order chi connectivity index (χ0) is 21.6. The summed E-state index contributed by atoms with van der Waals surface area (Å²) in [6, 6.07) is 5.99. The van der Waals surface area contributed by atoms with Crippen LogP contribution in [0, 0.1) is 11.7 Å². The third-order valence-electron chi connectivity index (χ3n) is 4.17. The van der Waals surface area contributed by atoms with Crippen LogP contribution < -0.4 is 10.0 Å². The van der Waals surface area contributed by atoms with E-state index in [0.29, 0.717) is 24.6 Å². The Morgan fingerprint density at radius 1 is 1.14 bits per heavy atom. The molecule has 1 aromatic heterocycles. The first-order valence-electron chi connectivity index (χ1n) is 9.41. The molecule has 0 aliphatic rings. The van der Waals surface area contributed by atoms with E-state index in [2.05, 4.69) is 25.0 Å². The minimum atomic E-state index is -3.58. The van der Waals surface area contributed by atoms with Crippen molar-refractivity contribution in [2.75, 3.05) is 22.9 Å². The number of hydrogen-bond donors (Lipinski definition) is 3. The molecular formula is C19H28FN5O3S. The van der Waals surface area contributed by atoms with Crippen LogP contribution in [0.4, 0.5) is 16.3 Å². The summed E-state index contributed by atoms with van der Waals surface area (Å²) < 4.78 is 39.0. The third-order valence-corrected chi connectivity index (χ3v) is 4.73. The molecule has 2 atom stereocenters. The number of aromatic nitrogens is 3. The van der Waals surface area contributed by atoms with Crippen LogP contribution >= 0.6 is 0 Å². The monoisotopic (exact) mass is 425 g/mol. The van der Waals surface area contributed by atoms with Gasteiger partial charge in [-0.15, -0.1) is 0 Å². The Bertz CT molecular complexity index is 924. The van der Waals surface area contributed by atoms with Gasteiger partial charge in [0.05, 0.1) is 18.9 Å². The van der Waals surface area contributed by atoms with Gasteiger partial charge in [0.2, 0.25) is 21.9 Å². The van der Waals surface area contributed by atoms with Crippen molar-refractivity contribution in [3.8, 4) is 0 Å². The molecule has 2 rings (SSSR count). The van der Waals surface area contributed by atoms with E-state index in [1.54, 1.807) is 6.07 Å². The zero-order valence-corrected chi connectivity index (χ0v) is 17.9. The highest BCUT2D eigenvalue weighted by molar-refractivity contribution is 7.91.